The van der Waals surface area contributed by atoms with Gasteiger partial charge in [-0.05, 0) is 36.1 Å². The van der Waals surface area contributed by atoms with Crippen molar-refractivity contribution in [3.63, 3.8) is 0 Å². The van der Waals surface area contributed by atoms with Gasteiger partial charge in [0.1, 0.15) is 5.76 Å². The minimum Gasteiger partial charge on any atom is -0.494 e. The quantitative estimate of drug-likeness (QED) is 0.702. The molecule has 6 heteroatoms. The van der Waals surface area contributed by atoms with Gasteiger partial charge in [0, 0.05) is 32.7 Å². The fourth-order valence-electron chi connectivity index (χ4n) is 3.26. The zero-order chi connectivity index (χ0) is 18.8. The van der Waals surface area contributed by atoms with Crippen molar-refractivity contribution in [3.8, 4) is 0 Å². The van der Waals surface area contributed by atoms with Crippen LogP contribution in [0.5, 0.6) is 0 Å². The van der Waals surface area contributed by atoms with E-state index in [0.29, 0.717) is 19.7 Å². The number of hydrogen-bond donors (Lipinski definition) is 0. The number of likely N-dealkylation sites (tertiary alicyclic amines) is 1. The molecule has 2 bridgehead atoms. The van der Waals surface area contributed by atoms with Crippen molar-refractivity contribution in [3.05, 3.63) is 35.1 Å². The maximum atomic E-state index is 11.7. The van der Waals surface area contributed by atoms with Gasteiger partial charge in [0.15, 0.2) is 0 Å². The Morgan fingerprint density at radius 3 is 2.62 bits per heavy atom. The van der Waals surface area contributed by atoms with Gasteiger partial charge in [-0.25, -0.2) is 4.79 Å². The molecule has 0 atom stereocenters. The second kappa shape index (κ2) is 11.0. The first-order valence-corrected chi connectivity index (χ1v) is 9.59. The van der Waals surface area contributed by atoms with Crippen molar-refractivity contribution >= 4 is 6.09 Å². The van der Waals surface area contributed by atoms with Gasteiger partial charge in [-0.15, -0.1) is 0 Å². The molecule has 3 rings (SSSR count). The van der Waals surface area contributed by atoms with Gasteiger partial charge in [-0.1, -0.05) is 19.9 Å². The molecule has 0 spiro atoms. The standard InChI is InChI=1S/C18H26N2O4.C2H6/c1-22-18(21)20-13-15-3-4-17(12-16(11-15)14-20)24-8-2-5-19-6-9-23-10-7-19;1-2/h3-4,12H,2,5-11,13-14H2,1H3;1-2H3. The normalized spacial score (nSPS) is 20.0. The monoisotopic (exact) mass is 364 g/mol. The van der Waals surface area contributed by atoms with Crippen LogP contribution in [0.3, 0.4) is 0 Å². The maximum Gasteiger partial charge on any atom is 0.410 e. The van der Waals surface area contributed by atoms with Gasteiger partial charge >= 0.3 is 6.09 Å². The van der Waals surface area contributed by atoms with Crippen LogP contribution in [0.15, 0.2) is 35.1 Å². The predicted octanol–water partition coefficient (Wildman–Crippen LogP) is 2.97. The minimum atomic E-state index is -0.277. The second-order valence-corrected chi connectivity index (χ2v) is 6.36. The topological polar surface area (TPSA) is 51.2 Å². The van der Waals surface area contributed by atoms with Crippen LogP contribution < -0.4 is 0 Å². The Morgan fingerprint density at radius 1 is 1.15 bits per heavy atom. The van der Waals surface area contributed by atoms with Crippen molar-refractivity contribution in [1.82, 2.24) is 9.80 Å². The molecule has 0 aromatic heterocycles. The van der Waals surface area contributed by atoms with E-state index in [0.717, 1.165) is 51.4 Å². The summed E-state index contributed by atoms with van der Waals surface area (Å²) in [5.74, 6) is 0.883. The van der Waals surface area contributed by atoms with Crippen LogP contribution in [0.2, 0.25) is 0 Å². The molecule has 26 heavy (non-hydrogen) atoms. The second-order valence-electron chi connectivity index (χ2n) is 6.36. The summed E-state index contributed by atoms with van der Waals surface area (Å²) in [4.78, 5) is 15.9. The lowest BCUT2D eigenvalue weighted by Gasteiger charge is -2.28. The number of rotatable bonds is 5. The highest BCUT2D eigenvalue weighted by molar-refractivity contribution is 5.69. The molecule has 0 radical (unpaired) electrons. The van der Waals surface area contributed by atoms with Crippen molar-refractivity contribution in [2.24, 2.45) is 0 Å². The molecular formula is C20H32N2O4. The number of methoxy groups -OCH3 is 1. The Bertz CT molecular complexity index is 548. The van der Waals surface area contributed by atoms with E-state index >= 15 is 0 Å². The average Bonchev–Trinajstić information content (AvgIpc) is 2.84. The van der Waals surface area contributed by atoms with Gasteiger partial charge in [0.05, 0.1) is 26.9 Å². The van der Waals surface area contributed by atoms with Crippen molar-refractivity contribution in [2.75, 3.05) is 59.7 Å². The summed E-state index contributed by atoms with van der Waals surface area (Å²) in [6.45, 7) is 10.7. The number of fused-ring (bicyclic) bond motifs is 2. The zero-order valence-electron chi connectivity index (χ0n) is 16.3. The summed E-state index contributed by atoms with van der Waals surface area (Å²) >= 11 is 0. The number of allylic oxidation sites excluding steroid dienone is 3. The van der Waals surface area contributed by atoms with Crippen LogP contribution in [0.25, 0.3) is 0 Å². The van der Waals surface area contributed by atoms with E-state index in [1.165, 1.54) is 18.3 Å². The van der Waals surface area contributed by atoms with Crippen LogP contribution in [0.1, 0.15) is 26.7 Å². The Hall–Kier alpha value is -1.79. The summed E-state index contributed by atoms with van der Waals surface area (Å²) in [5, 5.41) is 0. The Kier molecular flexibility index (Phi) is 8.71. The van der Waals surface area contributed by atoms with E-state index in [2.05, 4.69) is 17.1 Å². The SMILES string of the molecule is CC.COC(=O)N1CC2=CC=C(OCCCN3CCOCC3)C=C(C2)C1. The molecule has 1 aliphatic carbocycles. The molecule has 2 fully saturated rings. The van der Waals surface area contributed by atoms with Gasteiger partial charge in [-0.2, -0.15) is 0 Å². The summed E-state index contributed by atoms with van der Waals surface area (Å²) < 4.78 is 16.1. The summed E-state index contributed by atoms with van der Waals surface area (Å²) in [5.41, 5.74) is 2.40. The Labute approximate surface area is 157 Å². The van der Waals surface area contributed by atoms with Crippen LogP contribution in [-0.2, 0) is 14.2 Å². The van der Waals surface area contributed by atoms with Crippen LogP contribution in [-0.4, -0.2) is 75.5 Å². The molecule has 0 saturated carbocycles. The first kappa shape index (κ1) is 20.5. The van der Waals surface area contributed by atoms with Gasteiger partial charge < -0.3 is 19.1 Å². The lowest BCUT2D eigenvalue weighted by molar-refractivity contribution is 0.0346. The maximum absolute atomic E-state index is 11.7. The molecule has 2 saturated heterocycles. The lowest BCUT2D eigenvalue weighted by Crippen LogP contribution is -2.37. The molecule has 0 unspecified atom stereocenters. The molecule has 2 aliphatic heterocycles. The first-order valence-electron chi connectivity index (χ1n) is 9.59. The molecule has 146 valence electrons. The molecule has 0 aromatic carbocycles. The molecular weight excluding hydrogens is 332 g/mol. The fraction of sp³-hybridized carbons (Fsp3) is 0.650. The van der Waals surface area contributed by atoms with E-state index in [4.69, 9.17) is 14.2 Å². The van der Waals surface area contributed by atoms with E-state index in [1.807, 2.05) is 19.9 Å². The number of piperidine rings is 1. The number of nitrogens with zero attached hydrogens (tertiary/aromatic N) is 2. The molecule has 6 nitrogen and oxygen atoms in total. The summed E-state index contributed by atoms with van der Waals surface area (Å²) in [6, 6.07) is 0. The third kappa shape index (κ3) is 6.18. The van der Waals surface area contributed by atoms with E-state index in [9.17, 15) is 4.79 Å². The predicted molar refractivity (Wildman–Crippen MR) is 102 cm³/mol. The zero-order valence-corrected chi connectivity index (χ0v) is 16.3. The highest BCUT2D eigenvalue weighted by Crippen LogP contribution is 2.25. The number of carbonyl (C=O) groups excluding carboxylic acids is 1. The van der Waals surface area contributed by atoms with Crippen LogP contribution in [0.4, 0.5) is 4.79 Å². The highest BCUT2D eigenvalue weighted by atomic mass is 16.5. The molecule has 1 amide bonds. The lowest BCUT2D eigenvalue weighted by atomic mass is 10.0. The average molecular weight is 364 g/mol. The third-order valence-electron chi connectivity index (χ3n) is 4.50. The van der Waals surface area contributed by atoms with E-state index in [-0.39, 0.29) is 6.09 Å². The number of carbonyl (C=O) groups is 1. The highest BCUT2D eigenvalue weighted by Gasteiger charge is 2.24. The van der Waals surface area contributed by atoms with Crippen LogP contribution in [0, 0.1) is 0 Å². The molecule has 3 aliphatic rings. The molecule has 0 aromatic rings. The van der Waals surface area contributed by atoms with Crippen molar-refractivity contribution < 1.29 is 19.0 Å². The summed E-state index contributed by atoms with van der Waals surface area (Å²) in [6.07, 6.45) is 7.78. The summed E-state index contributed by atoms with van der Waals surface area (Å²) in [7, 11) is 1.42. The smallest absolute Gasteiger partial charge is 0.410 e. The van der Waals surface area contributed by atoms with Crippen molar-refractivity contribution in [2.45, 2.75) is 26.7 Å². The molecule has 0 N–H and O–H groups in total. The van der Waals surface area contributed by atoms with Gasteiger partial charge in [0.25, 0.3) is 0 Å². The first-order chi connectivity index (χ1) is 12.7. The largest absolute Gasteiger partial charge is 0.494 e. The van der Waals surface area contributed by atoms with Crippen LogP contribution >= 0.6 is 0 Å². The number of amides is 1. The van der Waals surface area contributed by atoms with Crippen molar-refractivity contribution in [1.29, 1.82) is 0 Å². The van der Waals surface area contributed by atoms with E-state index in [1.54, 1.807) is 4.90 Å². The van der Waals surface area contributed by atoms with Gasteiger partial charge in [-0.3, -0.25) is 4.90 Å². The van der Waals surface area contributed by atoms with E-state index < -0.39 is 0 Å². The Morgan fingerprint density at radius 2 is 1.88 bits per heavy atom. The number of hydrogen-bond acceptors (Lipinski definition) is 5. The fourth-order valence-corrected chi connectivity index (χ4v) is 3.26. The Balaban J connectivity index is 0.00000117. The molecule has 2 heterocycles. The number of morpholine rings is 1. The van der Waals surface area contributed by atoms with Gasteiger partial charge in [0.2, 0.25) is 0 Å². The third-order valence-corrected chi connectivity index (χ3v) is 4.50. The minimum absolute atomic E-state index is 0.277. The number of ether oxygens (including phenoxy) is 3.